The SMILES string of the molecule is C#CC1=CC=C(OC)C(NC(=O)C(F)(F)F)C1C. The van der Waals surface area contributed by atoms with E-state index < -0.39 is 24.0 Å². The molecule has 1 N–H and O–H groups in total. The molecule has 18 heavy (non-hydrogen) atoms. The molecular weight excluding hydrogens is 247 g/mol. The molecule has 0 aromatic rings. The summed E-state index contributed by atoms with van der Waals surface area (Å²) in [6.07, 6.45) is 3.34. The van der Waals surface area contributed by atoms with Gasteiger partial charge in [-0.05, 0) is 12.2 Å². The molecule has 0 radical (unpaired) electrons. The van der Waals surface area contributed by atoms with Gasteiger partial charge in [0.15, 0.2) is 0 Å². The Kier molecular flexibility index (Phi) is 4.07. The van der Waals surface area contributed by atoms with Gasteiger partial charge in [-0.25, -0.2) is 0 Å². The standard InChI is InChI=1S/C12H12F3NO2/c1-4-8-5-6-9(18-3)10(7(8)2)16-11(17)12(13,14)15/h1,5-7,10H,2-3H3,(H,16,17). The molecule has 0 spiro atoms. The topological polar surface area (TPSA) is 38.3 Å². The third kappa shape index (κ3) is 2.86. The average molecular weight is 259 g/mol. The van der Waals surface area contributed by atoms with Crippen LogP contribution < -0.4 is 5.32 Å². The maximum Gasteiger partial charge on any atom is 0.471 e. The Hall–Kier alpha value is -1.90. The number of methoxy groups -OCH3 is 1. The molecule has 3 nitrogen and oxygen atoms in total. The van der Waals surface area contributed by atoms with E-state index in [4.69, 9.17) is 11.2 Å². The second kappa shape index (κ2) is 5.17. The van der Waals surface area contributed by atoms with Crippen molar-refractivity contribution in [1.82, 2.24) is 5.32 Å². The number of amides is 1. The van der Waals surface area contributed by atoms with Crippen molar-refractivity contribution in [3.63, 3.8) is 0 Å². The monoisotopic (exact) mass is 259 g/mol. The lowest BCUT2D eigenvalue weighted by molar-refractivity contribution is -0.174. The Morgan fingerprint density at radius 3 is 2.56 bits per heavy atom. The van der Waals surface area contributed by atoms with Gasteiger partial charge in [-0.2, -0.15) is 13.2 Å². The zero-order valence-electron chi connectivity index (χ0n) is 9.84. The number of alkyl halides is 3. The molecule has 0 aromatic carbocycles. The van der Waals surface area contributed by atoms with Crippen LogP contribution in [0.25, 0.3) is 0 Å². The highest BCUT2D eigenvalue weighted by molar-refractivity contribution is 5.82. The van der Waals surface area contributed by atoms with E-state index in [-0.39, 0.29) is 5.76 Å². The number of hydrogen-bond acceptors (Lipinski definition) is 2. The highest BCUT2D eigenvalue weighted by Crippen LogP contribution is 2.26. The molecule has 1 rings (SSSR count). The molecule has 1 amide bonds. The average Bonchev–Trinajstić information content (AvgIpc) is 2.30. The van der Waals surface area contributed by atoms with Crippen LogP contribution in [0.2, 0.25) is 0 Å². The second-order valence-corrected chi connectivity index (χ2v) is 3.78. The third-order valence-corrected chi connectivity index (χ3v) is 2.67. The predicted octanol–water partition coefficient (Wildman–Crippen LogP) is 1.77. The quantitative estimate of drug-likeness (QED) is 0.767. The van der Waals surface area contributed by atoms with E-state index in [2.05, 4.69) is 5.92 Å². The van der Waals surface area contributed by atoms with Crippen LogP contribution in [0.1, 0.15) is 6.92 Å². The molecule has 2 unspecified atom stereocenters. The van der Waals surface area contributed by atoms with Crippen LogP contribution >= 0.6 is 0 Å². The highest BCUT2D eigenvalue weighted by atomic mass is 19.4. The summed E-state index contributed by atoms with van der Waals surface area (Å²) in [6.45, 7) is 1.62. The fourth-order valence-electron chi connectivity index (χ4n) is 1.65. The van der Waals surface area contributed by atoms with E-state index in [0.29, 0.717) is 5.57 Å². The minimum absolute atomic E-state index is 0.235. The lowest BCUT2D eigenvalue weighted by Gasteiger charge is -2.29. The summed E-state index contributed by atoms with van der Waals surface area (Å²) in [5.74, 6) is 0.133. The van der Waals surface area contributed by atoms with E-state index in [1.165, 1.54) is 13.2 Å². The summed E-state index contributed by atoms with van der Waals surface area (Å²) in [6, 6.07) is -0.917. The molecule has 1 aliphatic carbocycles. The number of allylic oxidation sites excluding steroid dienone is 2. The third-order valence-electron chi connectivity index (χ3n) is 2.67. The Balaban J connectivity index is 2.94. The normalized spacial score (nSPS) is 23.6. The molecule has 0 aromatic heterocycles. The summed E-state index contributed by atoms with van der Waals surface area (Å²) < 4.78 is 41.6. The maximum atomic E-state index is 12.2. The number of carbonyl (C=O) groups excluding carboxylic acids is 1. The number of halogens is 3. The van der Waals surface area contributed by atoms with Crippen LogP contribution in [0.4, 0.5) is 13.2 Å². The van der Waals surface area contributed by atoms with Gasteiger partial charge in [-0.15, -0.1) is 6.42 Å². The molecular formula is C12H12F3NO2. The molecule has 98 valence electrons. The Morgan fingerprint density at radius 2 is 2.11 bits per heavy atom. The van der Waals surface area contributed by atoms with Crippen molar-refractivity contribution in [3.05, 3.63) is 23.5 Å². The van der Waals surface area contributed by atoms with E-state index in [0.717, 1.165) is 0 Å². The first kappa shape index (κ1) is 14.2. The fourth-order valence-corrected chi connectivity index (χ4v) is 1.65. The molecule has 0 bridgehead atoms. The zero-order chi connectivity index (χ0) is 13.9. The van der Waals surface area contributed by atoms with Crippen LogP contribution in [0.3, 0.4) is 0 Å². The first-order valence-electron chi connectivity index (χ1n) is 5.11. The van der Waals surface area contributed by atoms with Crippen molar-refractivity contribution in [2.75, 3.05) is 7.11 Å². The van der Waals surface area contributed by atoms with E-state index in [1.54, 1.807) is 13.0 Å². The van der Waals surface area contributed by atoms with Gasteiger partial charge in [0.05, 0.1) is 13.2 Å². The number of carbonyl (C=O) groups is 1. The summed E-state index contributed by atoms with van der Waals surface area (Å²) >= 11 is 0. The molecule has 0 saturated heterocycles. The zero-order valence-corrected chi connectivity index (χ0v) is 9.84. The lowest BCUT2D eigenvalue weighted by Crippen LogP contribution is -2.48. The minimum atomic E-state index is -4.93. The summed E-state index contributed by atoms with van der Waals surface area (Å²) in [5, 5.41) is 1.88. The largest absolute Gasteiger partial charge is 0.499 e. The lowest BCUT2D eigenvalue weighted by atomic mass is 9.88. The molecule has 0 fully saturated rings. The van der Waals surface area contributed by atoms with Crippen LogP contribution in [0, 0.1) is 18.3 Å². The van der Waals surface area contributed by atoms with Crippen molar-refractivity contribution in [1.29, 1.82) is 0 Å². The Bertz CT molecular complexity index is 443. The van der Waals surface area contributed by atoms with Crippen LogP contribution in [-0.2, 0) is 9.53 Å². The van der Waals surface area contributed by atoms with Gasteiger partial charge in [0, 0.05) is 11.5 Å². The Labute approximate surface area is 103 Å². The van der Waals surface area contributed by atoms with E-state index >= 15 is 0 Å². The number of terminal acetylenes is 1. The first-order chi connectivity index (χ1) is 8.31. The summed E-state index contributed by atoms with van der Waals surface area (Å²) in [5.41, 5.74) is 0.503. The molecule has 0 heterocycles. The maximum absolute atomic E-state index is 12.2. The Morgan fingerprint density at radius 1 is 1.50 bits per heavy atom. The second-order valence-electron chi connectivity index (χ2n) is 3.78. The number of hydrogen-bond donors (Lipinski definition) is 1. The predicted molar refractivity (Wildman–Crippen MR) is 59.2 cm³/mol. The van der Waals surface area contributed by atoms with Gasteiger partial charge in [0.1, 0.15) is 5.76 Å². The van der Waals surface area contributed by atoms with Crippen molar-refractivity contribution in [2.24, 2.45) is 5.92 Å². The molecule has 0 aliphatic heterocycles. The summed E-state index contributed by atoms with van der Waals surface area (Å²) in [7, 11) is 1.32. The van der Waals surface area contributed by atoms with Crippen molar-refractivity contribution >= 4 is 5.91 Å². The summed E-state index contributed by atoms with van der Waals surface area (Å²) in [4.78, 5) is 10.9. The van der Waals surface area contributed by atoms with Crippen LogP contribution in [0.15, 0.2) is 23.5 Å². The van der Waals surface area contributed by atoms with Gasteiger partial charge in [0.2, 0.25) is 0 Å². The van der Waals surface area contributed by atoms with Crippen LogP contribution in [0.5, 0.6) is 0 Å². The number of nitrogens with one attached hydrogen (secondary N) is 1. The van der Waals surface area contributed by atoms with Gasteiger partial charge in [-0.1, -0.05) is 12.8 Å². The van der Waals surface area contributed by atoms with Crippen molar-refractivity contribution in [2.45, 2.75) is 19.1 Å². The minimum Gasteiger partial charge on any atom is -0.499 e. The van der Waals surface area contributed by atoms with Gasteiger partial charge < -0.3 is 10.1 Å². The molecule has 2 atom stereocenters. The van der Waals surface area contributed by atoms with Crippen molar-refractivity contribution < 1.29 is 22.7 Å². The van der Waals surface area contributed by atoms with Gasteiger partial charge in [-0.3, -0.25) is 4.79 Å². The first-order valence-corrected chi connectivity index (χ1v) is 5.11. The van der Waals surface area contributed by atoms with E-state index in [1.807, 2.05) is 5.32 Å². The van der Waals surface area contributed by atoms with Crippen LogP contribution in [-0.4, -0.2) is 25.2 Å². The van der Waals surface area contributed by atoms with Gasteiger partial charge >= 0.3 is 12.1 Å². The molecule has 6 heteroatoms. The van der Waals surface area contributed by atoms with E-state index in [9.17, 15) is 18.0 Å². The number of ether oxygens (including phenoxy) is 1. The smallest absolute Gasteiger partial charge is 0.471 e. The molecule has 1 aliphatic rings. The highest BCUT2D eigenvalue weighted by Gasteiger charge is 2.42. The van der Waals surface area contributed by atoms with Crippen molar-refractivity contribution in [3.8, 4) is 12.3 Å². The number of rotatable bonds is 2. The molecule has 0 saturated carbocycles. The van der Waals surface area contributed by atoms with Gasteiger partial charge in [0.25, 0.3) is 0 Å². The fraction of sp³-hybridized carbons (Fsp3) is 0.417.